The Morgan fingerprint density at radius 3 is 3.00 bits per heavy atom. The third-order valence-electron chi connectivity index (χ3n) is 3.49. The average molecular weight is 298 g/mol. The second-order valence-electron chi connectivity index (χ2n) is 5.10. The van der Waals surface area contributed by atoms with E-state index < -0.39 is 0 Å². The molecular formula is C14H14N6O2. The highest BCUT2D eigenvalue weighted by molar-refractivity contribution is 5.44. The van der Waals surface area contributed by atoms with Gasteiger partial charge in [0.2, 0.25) is 0 Å². The SMILES string of the molecule is CN(C[C@@H]1COc2ccccc2O1)c1ccc2nnnn2n1. The third-order valence-corrected chi connectivity index (χ3v) is 3.49. The summed E-state index contributed by atoms with van der Waals surface area (Å²) in [7, 11) is 1.95. The number of anilines is 1. The third kappa shape index (κ3) is 2.28. The van der Waals surface area contributed by atoms with Gasteiger partial charge in [-0.05, 0) is 34.7 Å². The van der Waals surface area contributed by atoms with Crippen LogP contribution in [0.5, 0.6) is 11.5 Å². The molecule has 112 valence electrons. The van der Waals surface area contributed by atoms with Crippen molar-refractivity contribution in [1.82, 2.24) is 25.3 Å². The first kappa shape index (κ1) is 12.8. The number of fused-ring (bicyclic) bond motifs is 2. The fourth-order valence-electron chi connectivity index (χ4n) is 2.40. The Kier molecular flexibility index (Phi) is 2.99. The quantitative estimate of drug-likeness (QED) is 0.707. The van der Waals surface area contributed by atoms with E-state index in [0.717, 1.165) is 17.3 Å². The summed E-state index contributed by atoms with van der Waals surface area (Å²) in [6, 6.07) is 11.4. The molecule has 2 aromatic heterocycles. The first-order chi connectivity index (χ1) is 10.8. The van der Waals surface area contributed by atoms with Gasteiger partial charge in [0.05, 0.1) is 6.54 Å². The Morgan fingerprint density at radius 1 is 1.23 bits per heavy atom. The summed E-state index contributed by atoms with van der Waals surface area (Å²) in [5, 5.41) is 15.6. The predicted molar refractivity (Wildman–Crippen MR) is 78.2 cm³/mol. The first-order valence-electron chi connectivity index (χ1n) is 6.95. The molecule has 1 aliphatic rings. The van der Waals surface area contributed by atoms with Crippen molar-refractivity contribution in [3.05, 3.63) is 36.4 Å². The van der Waals surface area contributed by atoms with Crippen LogP contribution in [0.4, 0.5) is 5.82 Å². The van der Waals surface area contributed by atoms with Gasteiger partial charge in [-0.2, -0.15) is 0 Å². The van der Waals surface area contributed by atoms with Crippen molar-refractivity contribution < 1.29 is 9.47 Å². The molecule has 0 saturated carbocycles. The fourth-order valence-corrected chi connectivity index (χ4v) is 2.40. The lowest BCUT2D eigenvalue weighted by Crippen LogP contribution is -2.39. The molecule has 3 aromatic rings. The van der Waals surface area contributed by atoms with Crippen LogP contribution < -0.4 is 14.4 Å². The van der Waals surface area contributed by atoms with Crippen LogP contribution in [-0.4, -0.2) is 51.6 Å². The van der Waals surface area contributed by atoms with Gasteiger partial charge in [-0.1, -0.05) is 12.1 Å². The number of benzene rings is 1. The second-order valence-corrected chi connectivity index (χ2v) is 5.10. The van der Waals surface area contributed by atoms with Gasteiger partial charge >= 0.3 is 0 Å². The van der Waals surface area contributed by atoms with Gasteiger partial charge in [0.1, 0.15) is 6.61 Å². The zero-order valence-corrected chi connectivity index (χ0v) is 12.0. The highest BCUT2D eigenvalue weighted by atomic mass is 16.6. The molecule has 0 saturated heterocycles. The number of rotatable bonds is 3. The monoisotopic (exact) mass is 298 g/mol. The Hall–Kier alpha value is -2.90. The van der Waals surface area contributed by atoms with Crippen molar-refractivity contribution in [3.63, 3.8) is 0 Å². The highest BCUT2D eigenvalue weighted by Gasteiger charge is 2.22. The summed E-state index contributed by atoms with van der Waals surface area (Å²) in [5.74, 6) is 2.33. The molecule has 0 radical (unpaired) electrons. The smallest absolute Gasteiger partial charge is 0.200 e. The predicted octanol–water partition coefficient (Wildman–Crippen LogP) is 0.795. The van der Waals surface area contributed by atoms with Crippen LogP contribution in [0.3, 0.4) is 0 Å². The molecule has 3 heterocycles. The van der Waals surface area contributed by atoms with E-state index in [1.54, 1.807) is 0 Å². The maximum absolute atomic E-state index is 5.95. The molecule has 4 rings (SSSR count). The van der Waals surface area contributed by atoms with E-state index in [2.05, 4.69) is 20.6 Å². The molecule has 8 nitrogen and oxygen atoms in total. The van der Waals surface area contributed by atoms with E-state index in [9.17, 15) is 0 Å². The van der Waals surface area contributed by atoms with Crippen LogP contribution in [-0.2, 0) is 0 Å². The molecule has 0 spiro atoms. The molecule has 0 bridgehead atoms. The molecular weight excluding hydrogens is 284 g/mol. The zero-order valence-electron chi connectivity index (χ0n) is 12.0. The van der Waals surface area contributed by atoms with Gasteiger partial charge in [-0.15, -0.1) is 14.8 Å². The largest absolute Gasteiger partial charge is 0.486 e. The van der Waals surface area contributed by atoms with Gasteiger partial charge in [-0.3, -0.25) is 0 Å². The Morgan fingerprint density at radius 2 is 2.09 bits per heavy atom. The minimum absolute atomic E-state index is 0.0636. The standard InChI is InChI=1S/C14H14N6O2/c1-19(14-7-6-13-15-17-18-20(13)16-14)8-10-9-21-11-4-2-3-5-12(11)22-10/h2-7,10H,8-9H2,1H3/t10-/m1/s1. The topological polar surface area (TPSA) is 77.7 Å². The van der Waals surface area contributed by atoms with Crippen molar-refractivity contribution in [2.75, 3.05) is 25.1 Å². The second kappa shape index (κ2) is 5.14. The molecule has 0 amide bonds. The summed E-state index contributed by atoms with van der Waals surface area (Å²) < 4.78 is 13.1. The lowest BCUT2D eigenvalue weighted by molar-refractivity contribution is 0.0959. The molecule has 0 N–H and O–H groups in total. The normalized spacial score (nSPS) is 16.7. The van der Waals surface area contributed by atoms with Crippen LogP contribution in [0.2, 0.25) is 0 Å². The number of hydrogen-bond donors (Lipinski definition) is 0. The molecule has 22 heavy (non-hydrogen) atoms. The molecule has 8 heteroatoms. The Bertz CT molecular complexity index is 805. The number of hydrogen-bond acceptors (Lipinski definition) is 7. The van der Waals surface area contributed by atoms with E-state index in [4.69, 9.17) is 9.47 Å². The van der Waals surface area contributed by atoms with Gasteiger partial charge in [0, 0.05) is 7.05 Å². The number of ether oxygens (including phenoxy) is 2. The minimum atomic E-state index is -0.0636. The number of nitrogens with zero attached hydrogens (tertiary/aromatic N) is 6. The van der Waals surface area contributed by atoms with Gasteiger partial charge < -0.3 is 14.4 Å². The van der Waals surface area contributed by atoms with Crippen molar-refractivity contribution in [2.45, 2.75) is 6.10 Å². The minimum Gasteiger partial charge on any atom is -0.486 e. The van der Waals surface area contributed by atoms with Crippen LogP contribution in [0.1, 0.15) is 0 Å². The lowest BCUT2D eigenvalue weighted by Gasteiger charge is -2.29. The summed E-state index contributed by atoms with van der Waals surface area (Å²) in [6.07, 6.45) is -0.0636. The summed E-state index contributed by atoms with van der Waals surface area (Å²) in [5.41, 5.74) is 0.614. The van der Waals surface area contributed by atoms with Crippen LogP contribution in [0.25, 0.3) is 5.65 Å². The average Bonchev–Trinajstić information content (AvgIpc) is 3.02. The van der Waals surface area contributed by atoms with Crippen molar-refractivity contribution in [1.29, 1.82) is 0 Å². The summed E-state index contributed by atoms with van der Waals surface area (Å²) >= 11 is 0. The van der Waals surface area contributed by atoms with Crippen LogP contribution in [0, 0.1) is 0 Å². The molecule has 1 atom stereocenters. The lowest BCUT2D eigenvalue weighted by atomic mass is 10.2. The Balaban J connectivity index is 1.49. The van der Waals surface area contributed by atoms with E-state index in [1.807, 2.05) is 48.3 Å². The number of tetrazole rings is 1. The summed E-state index contributed by atoms with van der Waals surface area (Å²) in [4.78, 5) is 1.99. The zero-order chi connectivity index (χ0) is 14.9. The van der Waals surface area contributed by atoms with Gasteiger partial charge in [-0.25, -0.2) is 0 Å². The molecule has 0 fully saturated rings. The van der Waals surface area contributed by atoms with Crippen molar-refractivity contribution in [2.24, 2.45) is 0 Å². The van der Waals surface area contributed by atoms with Gasteiger partial charge in [0.25, 0.3) is 0 Å². The fraction of sp³-hybridized carbons (Fsp3) is 0.286. The van der Waals surface area contributed by atoms with Crippen LogP contribution in [0.15, 0.2) is 36.4 Å². The van der Waals surface area contributed by atoms with Gasteiger partial charge in [0.15, 0.2) is 29.1 Å². The van der Waals surface area contributed by atoms with Crippen LogP contribution >= 0.6 is 0 Å². The Labute approximate surface area is 126 Å². The maximum Gasteiger partial charge on any atom is 0.200 e. The molecule has 1 aliphatic heterocycles. The van der Waals surface area contributed by atoms with E-state index >= 15 is 0 Å². The maximum atomic E-state index is 5.95. The van der Waals surface area contributed by atoms with E-state index in [-0.39, 0.29) is 6.10 Å². The van der Waals surface area contributed by atoms with Crippen molar-refractivity contribution >= 4 is 11.5 Å². The highest BCUT2D eigenvalue weighted by Crippen LogP contribution is 2.31. The summed E-state index contributed by atoms with van der Waals surface area (Å²) in [6.45, 7) is 1.16. The number of likely N-dealkylation sites (N-methyl/N-ethyl adjacent to an activating group) is 1. The first-order valence-corrected chi connectivity index (χ1v) is 6.95. The number of para-hydroxylation sites is 2. The number of aromatic nitrogens is 5. The molecule has 0 aliphatic carbocycles. The van der Waals surface area contributed by atoms with E-state index in [0.29, 0.717) is 18.8 Å². The van der Waals surface area contributed by atoms with Crippen molar-refractivity contribution in [3.8, 4) is 11.5 Å². The van der Waals surface area contributed by atoms with E-state index in [1.165, 1.54) is 4.63 Å². The molecule has 0 unspecified atom stereocenters. The molecule has 1 aromatic carbocycles.